The molecule has 0 saturated heterocycles. The van der Waals surface area contributed by atoms with E-state index in [9.17, 15) is 4.79 Å². The molecule has 7 nitrogen and oxygen atoms in total. The molecule has 5 rings (SSSR count). The molecule has 25 heavy (non-hydrogen) atoms. The first kappa shape index (κ1) is 14.6. The molecule has 0 radical (unpaired) electrons. The SMILES string of the molecule is O=C(NC1CCc2nnc(C3CC3)n2CC1)c1cccc2cn[nH]c12. The number of aromatic amines is 1. The number of H-pyrrole nitrogens is 1. The first-order chi connectivity index (χ1) is 12.3. The molecule has 3 heterocycles. The molecule has 2 N–H and O–H groups in total. The fraction of sp³-hybridized carbons (Fsp3) is 0.444. The number of amides is 1. The standard InChI is InChI=1S/C18H20N6O/c25-18(14-3-1-2-12-10-19-22-16(12)14)20-13-6-7-15-21-23-17(11-4-5-11)24(15)9-8-13/h1-3,10-11,13H,4-9H2,(H,19,22)(H,20,25). The highest BCUT2D eigenvalue weighted by atomic mass is 16.1. The molecule has 1 atom stereocenters. The normalized spacial score (nSPS) is 20.2. The highest BCUT2D eigenvalue weighted by Gasteiger charge is 2.31. The number of fused-ring (bicyclic) bond motifs is 2. The number of carbonyl (C=O) groups excluding carboxylic acids is 1. The number of carbonyl (C=O) groups is 1. The second-order valence-corrected chi connectivity index (χ2v) is 7.04. The molecule has 1 aliphatic carbocycles. The zero-order valence-electron chi connectivity index (χ0n) is 13.9. The van der Waals surface area contributed by atoms with Crippen molar-refractivity contribution in [2.45, 2.75) is 50.6 Å². The van der Waals surface area contributed by atoms with Crippen molar-refractivity contribution in [3.63, 3.8) is 0 Å². The van der Waals surface area contributed by atoms with E-state index in [0.29, 0.717) is 11.5 Å². The van der Waals surface area contributed by atoms with Crippen LogP contribution in [0.3, 0.4) is 0 Å². The Morgan fingerprint density at radius 1 is 1.20 bits per heavy atom. The Morgan fingerprint density at radius 2 is 2.12 bits per heavy atom. The van der Waals surface area contributed by atoms with Gasteiger partial charge in [-0.25, -0.2) is 0 Å². The monoisotopic (exact) mass is 336 g/mol. The minimum atomic E-state index is -0.0417. The number of para-hydroxylation sites is 1. The van der Waals surface area contributed by atoms with Crippen LogP contribution >= 0.6 is 0 Å². The lowest BCUT2D eigenvalue weighted by Crippen LogP contribution is -2.35. The third-order valence-electron chi connectivity index (χ3n) is 5.27. The average molecular weight is 336 g/mol. The molecule has 1 aliphatic heterocycles. The van der Waals surface area contributed by atoms with Crippen LogP contribution < -0.4 is 5.32 Å². The van der Waals surface area contributed by atoms with Gasteiger partial charge in [0.25, 0.3) is 5.91 Å². The van der Waals surface area contributed by atoms with Crippen LogP contribution in [0.5, 0.6) is 0 Å². The molecule has 1 amide bonds. The smallest absolute Gasteiger partial charge is 0.253 e. The first-order valence-electron chi connectivity index (χ1n) is 8.94. The Bertz CT molecular complexity index is 938. The predicted molar refractivity (Wildman–Crippen MR) is 92.3 cm³/mol. The first-order valence-corrected chi connectivity index (χ1v) is 8.94. The lowest BCUT2D eigenvalue weighted by atomic mass is 10.1. The van der Waals surface area contributed by atoms with Gasteiger partial charge in [-0.3, -0.25) is 9.89 Å². The molecule has 0 spiro atoms. The average Bonchev–Trinajstić information content (AvgIpc) is 3.27. The van der Waals surface area contributed by atoms with Crippen LogP contribution in [0.25, 0.3) is 10.9 Å². The van der Waals surface area contributed by atoms with Gasteiger partial charge in [0, 0.05) is 30.3 Å². The topological polar surface area (TPSA) is 88.5 Å². The van der Waals surface area contributed by atoms with Crippen molar-refractivity contribution >= 4 is 16.8 Å². The van der Waals surface area contributed by atoms with Crippen LogP contribution in [0.4, 0.5) is 0 Å². The summed E-state index contributed by atoms with van der Waals surface area (Å²) >= 11 is 0. The molecular formula is C18H20N6O. The molecule has 7 heteroatoms. The van der Waals surface area contributed by atoms with Gasteiger partial charge in [-0.05, 0) is 31.7 Å². The van der Waals surface area contributed by atoms with Gasteiger partial charge in [0.1, 0.15) is 11.6 Å². The van der Waals surface area contributed by atoms with E-state index in [-0.39, 0.29) is 11.9 Å². The maximum absolute atomic E-state index is 12.7. The van der Waals surface area contributed by atoms with Crippen LogP contribution in [-0.4, -0.2) is 36.9 Å². The number of aromatic nitrogens is 5. The maximum Gasteiger partial charge on any atom is 0.253 e. The molecule has 1 fully saturated rings. The van der Waals surface area contributed by atoms with Gasteiger partial charge in [-0.15, -0.1) is 10.2 Å². The Labute approximate surface area is 144 Å². The third kappa shape index (κ3) is 2.59. The third-order valence-corrected chi connectivity index (χ3v) is 5.27. The number of hydrogen-bond donors (Lipinski definition) is 2. The minimum Gasteiger partial charge on any atom is -0.349 e. The zero-order chi connectivity index (χ0) is 16.8. The van der Waals surface area contributed by atoms with Gasteiger partial charge in [-0.2, -0.15) is 5.10 Å². The van der Waals surface area contributed by atoms with Crippen molar-refractivity contribution in [1.82, 2.24) is 30.3 Å². The molecule has 3 aromatic rings. The van der Waals surface area contributed by atoms with Crippen LogP contribution in [-0.2, 0) is 13.0 Å². The Balaban J connectivity index is 1.32. The number of hydrogen-bond acceptors (Lipinski definition) is 4. The molecule has 128 valence electrons. The van der Waals surface area contributed by atoms with Crippen LogP contribution in [0, 0.1) is 0 Å². The Kier molecular flexibility index (Phi) is 3.33. The van der Waals surface area contributed by atoms with Crippen molar-refractivity contribution in [2.24, 2.45) is 0 Å². The Morgan fingerprint density at radius 3 is 3.00 bits per heavy atom. The molecule has 1 aromatic carbocycles. The highest BCUT2D eigenvalue weighted by molar-refractivity contribution is 6.05. The van der Waals surface area contributed by atoms with Crippen LogP contribution in [0.1, 0.15) is 53.6 Å². The molecule has 0 bridgehead atoms. The van der Waals surface area contributed by atoms with Crippen molar-refractivity contribution in [3.05, 3.63) is 41.6 Å². The summed E-state index contributed by atoms with van der Waals surface area (Å²) in [6, 6.07) is 5.84. The summed E-state index contributed by atoms with van der Waals surface area (Å²) in [4.78, 5) is 12.7. The van der Waals surface area contributed by atoms with Gasteiger partial charge in [0.05, 0.1) is 17.3 Å². The van der Waals surface area contributed by atoms with Gasteiger partial charge in [-0.1, -0.05) is 12.1 Å². The van der Waals surface area contributed by atoms with Crippen molar-refractivity contribution in [3.8, 4) is 0 Å². The van der Waals surface area contributed by atoms with E-state index in [1.54, 1.807) is 6.20 Å². The van der Waals surface area contributed by atoms with E-state index in [1.807, 2.05) is 18.2 Å². The Hall–Kier alpha value is -2.70. The van der Waals surface area contributed by atoms with Gasteiger partial charge < -0.3 is 9.88 Å². The van der Waals surface area contributed by atoms with Gasteiger partial charge in [0.15, 0.2) is 0 Å². The number of nitrogens with zero attached hydrogens (tertiary/aromatic N) is 4. The number of nitrogens with one attached hydrogen (secondary N) is 2. The largest absolute Gasteiger partial charge is 0.349 e. The van der Waals surface area contributed by atoms with E-state index in [4.69, 9.17) is 0 Å². The second kappa shape index (κ2) is 5.68. The second-order valence-electron chi connectivity index (χ2n) is 7.04. The van der Waals surface area contributed by atoms with E-state index in [1.165, 1.54) is 12.8 Å². The maximum atomic E-state index is 12.7. The van der Waals surface area contributed by atoms with Crippen LogP contribution in [0.15, 0.2) is 24.4 Å². The molecule has 1 saturated carbocycles. The summed E-state index contributed by atoms with van der Waals surface area (Å²) in [5.41, 5.74) is 1.44. The number of aryl methyl sites for hydroxylation is 1. The molecule has 2 aromatic heterocycles. The minimum absolute atomic E-state index is 0.0417. The number of rotatable bonds is 3. The van der Waals surface area contributed by atoms with E-state index in [0.717, 1.165) is 48.4 Å². The van der Waals surface area contributed by atoms with Crippen LogP contribution in [0.2, 0.25) is 0 Å². The van der Waals surface area contributed by atoms with Crippen molar-refractivity contribution < 1.29 is 4.79 Å². The molecular weight excluding hydrogens is 316 g/mol. The summed E-state index contributed by atoms with van der Waals surface area (Å²) in [5.74, 6) is 2.77. The fourth-order valence-electron chi connectivity index (χ4n) is 3.72. The van der Waals surface area contributed by atoms with E-state index >= 15 is 0 Å². The highest BCUT2D eigenvalue weighted by Crippen LogP contribution is 2.39. The van der Waals surface area contributed by atoms with Crippen molar-refractivity contribution in [1.29, 1.82) is 0 Å². The lowest BCUT2D eigenvalue weighted by Gasteiger charge is -2.16. The summed E-state index contributed by atoms with van der Waals surface area (Å²) < 4.78 is 2.28. The quantitative estimate of drug-likeness (QED) is 0.767. The summed E-state index contributed by atoms with van der Waals surface area (Å²) in [5, 5.41) is 19.9. The fourth-order valence-corrected chi connectivity index (χ4v) is 3.72. The molecule has 1 unspecified atom stereocenters. The van der Waals surface area contributed by atoms with Gasteiger partial charge in [0.2, 0.25) is 0 Å². The predicted octanol–water partition coefficient (Wildman–Crippen LogP) is 2.17. The summed E-state index contributed by atoms with van der Waals surface area (Å²) in [6.45, 7) is 0.882. The van der Waals surface area contributed by atoms with E-state index in [2.05, 4.69) is 30.3 Å². The zero-order valence-corrected chi connectivity index (χ0v) is 13.9. The summed E-state index contributed by atoms with van der Waals surface area (Å²) in [7, 11) is 0. The summed E-state index contributed by atoms with van der Waals surface area (Å²) in [6.07, 6.45) is 6.87. The van der Waals surface area contributed by atoms with Crippen molar-refractivity contribution in [2.75, 3.05) is 0 Å². The van der Waals surface area contributed by atoms with Gasteiger partial charge >= 0.3 is 0 Å². The number of benzene rings is 1. The lowest BCUT2D eigenvalue weighted by molar-refractivity contribution is 0.0934. The van der Waals surface area contributed by atoms with E-state index < -0.39 is 0 Å². The molecule has 2 aliphatic rings.